The number of rotatable bonds is 5. The summed E-state index contributed by atoms with van der Waals surface area (Å²) in [6, 6.07) is 12.4. The molecule has 3 nitrogen and oxygen atoms in total. The van der Waals surface area contributed by atoms with Crippen LogP contribution in [0.3, 0.4) is 0 Å². The highest BCUT2D eigenvalue weighted by atomic mass is 35.5. The third-order valence-corrected chi connectivity index (χ3v) is 4.98. The van der Waals surface area contributed by atoms with Crippen LogP contribution in [0.25, 0.3) is 0 Å². The molecule has 1 heterocycles. The average molecular weight is 399 g/mol. The van der Waals surface area contributed by atoms with E-state index in [1.807, 2.05) is 24.3 Å². The molecule has 2 aromatic rings. The van der Waals surface area contributed by atoms with Gasteiger partial charge in [-0.3, -0.25) is 4.79 Å². The maximum absolute atomic E-state index is 13.1. The number of nitrogens with zero attached hydrogens (tertiary/aromatic N) is 1. The van der Waals surface area contributed by atoms with E-state index in [2.05, 4.69) is 0 Å². The largest absolute Gasteiger partial charge is 0.376 e. The fourth-order valence-electron chi connectivity index (χ4n) is 2.90. The van der Waals surface area contributed by atoms with Gasteiger partial charge in [0.25, 0.3) is 5.91 Å². The number of carbonyl (C=O) groups excluding carboxylic acids is 1. The molecule has 1 unspecified atom stereocenters. The summed E-state index contributed by atoms with van der Waals surface area (Å²) < 4.78 is 5.71. The van der Waals surface area contributed by atoms with Gasteiger partial charge < -0.3 is 9.64 Å². The Morgan fingerprint density at radius 3 is 2.44 bits per heavy atom. The molecular formula is C19H18Cl3NO2. The predicted octanol–water partition coefficient (Wildman–Crippen LogP) is 5.47. The highest BCUT2D eigenvalue weighted by molar-refractivity contribution is 6.36. The van der Waals surface area contributed by atoms with Crippen LogP contribution in [0.5, 0.6) is 0 Å². The van der Waals surface area contributed by atoms with Crippen molar-refractivity contribution in [2.75, 3.05) is 13.2 Å². The first kappa shape index (κ1) is 18.5. The fraction of sp³-hybridized carbons (Fsp3) is 0.316. The summed E-state index contributed by atoms with van der Waals surface area (Å²) >= 11 is 18.1. The van der Waals surface area contributed by atoms with Gasteiger partial charge >= 0.3 is 0 Å². The van der Waals surface area contributed by atoms with Crippen LogP contribution < -0.4 is 0 Å². The van der Waals surface area contributed by atoms with Crippen molar-refractivity contribution in [2.45, 2.75) is 25.5 Å². The Hall–Kier alpha value is -1.26. The smallest absolute Gasteiger partial charge is 0.255 e. The molecule has 0 N–H and O–H groups in total. The van der Waals surface area contributed by atoms with Crippen LogP contribution in [-0.4, -0.2) is 30.1 Å². The molecule has 1 atom stereocenters. The summed E-state index contributed by atoms with van der Waals surface area (Å²) in [5.74, 6) is -0.132. The van der Waals surface area contributed by atoms with Crippen LogP contribution in [0.15, 0.2) is 42.5 Å². The molecule has 132 valence electrons. The maximum atomic E-state index is 13.1. The zero-order chi connectivity index (χ0) is 17.8. The first-order valence-electron chi connectivity index (χ1n) is 8.13. The van der Waals surface area contributed by atoms with Crippen LogP contribution >= 0.6 is 34.8 Å². The topological polar surface area (TPSA) is 29.5 Å². The maximum Gasteiger partial charge on any atom is 0.255 e. The normalized spacial score (nSPS) is 16.8. The molecule has 0 aromatic heterocycles. The van der Waals surface area contributed by atoms with Crippen LogP contribution in [0, 0.1) is 0 Å². The Balaban J connectivity index is 1.83. The standard InChI is InChI=1S/C19H18Cl3NO2/c20-14-5-3-13(4-6-14)11-23(12-16-2-1-9-25-16)19(24)17-8-7-15(21)10-18(17)22/h3-8,10,16H,1-2,9,11-12H2. The van der Waals surface area contributed by atoms with Gasteiger partial charge in [-0.25, -0.2) is 0 Å². The number of ether oxygens (including phenoxy) is 1. The predicted molar refractivity (Wildman–Crippen MR) is 102 cm³/mol. The third-order valence-electron chi connectivity index (χ3n) is 4.18. The second kappa shape index (κ2) is 8.41. The molecule has 6 heteroatoms. The summed E-state index contributed by atoms with van der Waals surface area (Å²) in [7, 11) is 0. The van der Waals surface area contributed by atoms with Gasteiger partial charge in [0.15, 0.2) is 0 Å². The molecule has 0 spiro atoms. The Morgan fingerprint density at radius 2 is 1.80 bits per heavy atom. The van der Waals surface area contributed by atoms with Gasteiger partial charge in [0.2, 0.25) is 0 Å². The first-order chi connectivity index (χ1) is 12.0. The van der Waals surface area contributed by atoms with E-state index in [-0.39, 0.29) is 12.0 Å². The van der Waals surface area contributed by atoms with Crippen LogP contribution in [0.4, 0.5) is 0 Å². The number of halogens is 3. The Kier molecular flexibility index (Phi) is 6.24. The van der Waals surface area contributed by atoms with Crippen LogP contribution in [0.1, 0.15) is 28.8 Å². The number of amides is 1. The van der Waals surface area contributed by atoms with Gasteiger partial charge in [-0.15, -0.1) is 0 Å². The van der Waals surface area contributed by atoms with Gasteiger partial charge in [0.1, 0.15) is 0 Å². The average Bonchev–Trinajstić information content (AvgIpc) is 3.09. The lowest BCUT2D eigenvalue weighted by Gasteiger charge is -2.26. The van der Waals surface area contributed by atoms with E-state index in [0.29, 0.717) is 33.7 Å². The zero-order valence-electron chi connectivity index (χ0n) is 13.6. The summed E-state index contributed by atoms with van der Waals surface area (Å²) in [4.78, 5) is 14.8. The quantitative estimate of drug-likeness (QED) is 0.668. The highest BCUT2D eigenvalue weighted by Gasteiger charge is 2.25. The first-order valence-corrected chi connectivity index (χ1v) is 9.26. The second-order valence-corrected chi connectivity index (χ2v) is 7.35. The SMILES string of the molecule is O=C(c1ccc(Cl)cc1Cl)N(Cc1ccc(Cl)cc1)CC1CCCO1. The lowest BCUT2D eigenvalue weighted by molar-refractivity contribution is 0.0507. The molecule has 0 radical (unpaired) electrons. The van der Waals surface area contributed by atoms with Gasteiger partial charge in [-0.1, -0.05) is 46.9 Å². The Labute approximate surface area is 162 Å². The number of hydrogen-bond donors (Lipinski definition) is 0. The van der Waals surface area contributed by atoms with E-state index < -0.39 is 0 Å². The van der Waals surface area contributed by atoms with E-state index in [4.69, 9.17) is 39.5 Å². The third kappa shape index (κ3) is 4.89. The summed E-state index contributed by atoms with van der Waals surface area (Å²) in [6.45, 7) is 1.74. The van der Waals surface area contributed by atoms with Crippen molar-refractivity contribution in [1.82, 2.24) is 4.90 Å². The van der Waals surface area contributed by atoms with E-state index in [1.165, 1.54) is 0 Å². The van der Waals surface area contributed by atoms with Gasteiger partial charge in [0.05, 0.1) is 16.7 Å². The molecule has 2 aromatic carbocycles. The summed E-state index contributed by atoms with van der Waals surface area (Å²) in [5.41, 5.74) is 1.44. The summed E-state index contributed by atoms with van der Waals surface area (Å²) in [5, 5.41) is 1.53. The molecule has 3 rings (SSSR count). The van der Waals surface area contributed by atoms with Gasteiger partial charge in [-0.05, 0) is 48.7 Å². The number of benzene rings is 2. The molecule has 1 aliphatic heterocycles. The van der Waals surface area contributed by atoms with E-state index >= 15 is 0 Å². The van der Waals surface area contributed by atoms with E-state index in [0.717, 1.165) is 25.0 Å². The molecule has 1 aliphatic rings. The van der Waals surface area contributed by atoms with Crippen molar-refractivity contribution in [2.24, 2.45) is 0 Å². The highest BCUT2D eigenvalue weighted by Crippen LogP contribution is 2.24. The Bertz CT molecular complexity index is 743. The van der Waals surface area contributed by atoms with Crippen LogP contribution in [0.2, 0.25) is 15.1 Å². The number of hydrogen-bond acceptors (Lipinski definition) is 2. The minimum atomic E-state index is -0.132. The van der Waals surface area contributed by atoms with Crippen molar-refractivity contribution in [3.63, 3.8) is 0 Å². The molecule has 0 aliphatic carbocycles. The Morgan fingerprint density at radius 1 is 1.08 bits per heavy atom. The minimum Gasteiger partial charge on any atom is -0.376 e. The minimum absolute atomic E-state index is 0.0577. The summed E-state index contributed by atoms with van der Waals surface area (Å²) in [6.07, 6.45) is 2.04. The van der Waals surface area contributed by atoms with Gasteiger partial charge in [0, 0.05) is 29.7 Å². The van der Waals surface area contributed by atoms with E-state index in [1.54, 1.807) is 23.1 Å². The fourth-order valence-corrected chi connectivity index (χ4v) is 3.51. The molecule has 0 saturated carbocycles. The van der Waals surface area contributed by atoms with Crippen molar-refractivity contribution in [3.8, 4) is 0 Å². The monoisotopic (exact) mass is 397 g/mol. The van der Waals surface area contributed by atoms with Crippen molar-refractivity contribution in [3.05, 3.63) is 68.7 Å². The lowest BCUT2D eigenvalue weighted by Crippen LogP contribution is -2.37. The molecule has 1 amide bonds. The van der Waals surface area contributed by atoms with Crippen molar-refractivity contribution < 1.29 is 9.53 Å². The lowest BCUT2D eigenvalue weighted by atomic mass is 10.1. The van der Waals surface area contributed by atoms with E-state index in [9.17, 15) is 4.79 Å². The molecule has 1 fully saturated rings. The molecular weight excluding hydrogens is 381 g/mol. The second-order valence-electron chi connectivity index (χ2n) is 6.07. The van der Waals surface area contributed by atoms with Crippen molar-refractivity contribution in [1.29, 1.82) is 0 Å². The van der Waals surface area contributed by atoms with Gasteiger partial charge in [-0.2, -0.15) is 0 Å². The van der Waals surface area contributed by atoms with Crippen molar-refractivity contribution >= 4 is 40.7 Å². The molecule has 0 bridgehead atoms. The molecule has 1 saturated heterocycles. The number of carbonyl (C=O) groups is 1. The van der Waals surface area contributed by atoms with Crippen LogP contribution in [-0.2, 0) is 11.3 Å². The zero-order valence-corrected chi connectivity index (χ0v) is 15.8. The molecule has 25 heavy (non-hydrogen) atoms.